The number of pyridine rings is 1. The number of benzene rings is 1. The quantitative estimate of drug-likeness (QED) is 0.842. The summed E-state index contributed by atoms with van der Waals surface area (Å²) in [6, 6.07) is 13.9. The zero-order valence-electron chi connectivity index (χ0n) is 12.2. The monoisotopic (exact) mass is 282 g/mol. The Morgan fingerprint density at radius 2 is 1.71 bits per heavy atom. The number of piperazine rings is 1. The Morgan fingerprint density at radius 1 is 1.00 bits per heavy atom. The van der Waals surface area contributed by atoms with Gasteiger partial charge in [0.05, 0.1) is 19.3 Å². The molecule has 21 heavy (non-hydrogen) atoms. The molecule has 1 aromatic carbocycles. The number of rotatable bonds is 2. The van der Waals surface area contributed by atoms with Crippen molar-refractivity contribution in [2.75, 3.05) is 31.1 Å². The fourth-order valence-electron chi connectivity index (χ4n) is 2.61. The van der Waals surface area contributed by atoms with Gasteiger partial charge in [-0.25, -0.2) is 4.98 Å². The predicted molar refractivity (Wildman–Crippen MR) is 82.3 cm³/mol. The van der Waals surface area contributed by atoms with Gasteiger partial charge in [-0.1, -0.05) is 23.8 Å². The molecule has 0 unspecified atom stereocenters. The van der Waals surface area contributed by atoms with Crippen molar-refractivity contribution in [1.82, 2.24) is 4.90 Å². The molecule has 0 spiro atoms. The Balaban J connectivity index is 1.63. The number of aryl methyl sites for hydroxylation is 1. The lowest BCUT2D eigenvalue weighted by atomic mass is 10.1. The van der Waals surface area contributed by atoms with Crippen LogP contribution in [0.5, 0.6) is 0 Å². The van der Waals surface area contributed by atoms with Crippen LogP contribution in [0.3, 0.4) is 0 Å². The van der Waals surface area contributed by atoms with Crippen molar-refractivity contribution >= 4 is 11.7 Å². The predicted octanol–water partition coefficient (Wildman–Crippen LogP) is 1.77. The number of carbonyl (C=O) groups excluding carboxylic acids is 1. The van der Waals surface area contributed by atoms with Gasteiger partial charge in [-0.2, -0.15) is 0 Å². The maximum absolute atomic E-state index is 12.5. The second kappa shape index (κ2) is 5.95. The highest BCUT2D eigenvalue weighted by atomic mass is 16.2. The summed E-state index contributed by atoms with van der Waals surface area (Å²) in [7, 11) is 0. The zero-order chi connectivity index (χ0) is 14.7. The van der Waals surface area contributed by atoms with Crippen molar-refractivity contribution in [3.63, 3.8) is 0 Å². The fourth-order valence-corrected chi connectivity index (χ4v) is 2.61. The van der Waals surface area contributed by atoms with E-state index in [4.69, 9.17) is 0 Å². The molecule has 0 saturated carbocycles. The van der Waals surface area contributed by atoms with Gasteiger partial charge in [0.25, 0.3) is 11.7 Å². The number of nitrogens with zero attached hydrogens (tertiary/aromatic N) is 2. The summed E-state index contributed by atoms with van der Waals surface area (Å²) >= 11 is 0. The summed E-state index contributed by atoms with van der Waals surface area (Å²) in [5, 5.41) is 0. The minimum absolute atomic E-state index is 0.131. The molecule has 1 aliphatic heterocycles. The number of aromatic nitrogens is 1. The van der Waals surface area contributed by atoms with Crippen molar-refractivity contribution in [1.29, 1.82) is 0 Å². The van der Waals surface area contributed by atoms with Crippen LogP contribution in [0.15, 0.2) is 48.7 Å². The summed E-state index contributed by atoms with van der Waals surface area (Å²) in [5.41, 5.74) is 1.95. The van der Waals surface area contributed by atoms with Gasteiger partial charge >= 0.3 is 0 Å². The number of H-pyrrole nitrogens is 1. The molecule has 4 nitrogen and oxygen atoms in total. The van der Waals surface area contributed by atoms with E-state index in [1.165, 1.54) is 5.56 Å². The molecule has 3 rings (SSSR count). The first kappa shape index (κ1) is 13.6. The van der Waals surface area contributed by atoms with Crippen molar-refractivity contribution < 1.29 is 9.78 Å². The van der Waals surface area contributed by atoms with Gasteiger partial charge in [0.2, 0.25) is 0 Å². The third-order valence-electron chi connectivity index (χ3n) is 3.90. The van der Waals surface area contributed by atoms with Crippen molar-refractivity contribution in [2.24, 2.45) is 0 Å². The molecule has 1 aliphatic rings. The lowest BCUT2D eigenvalue weighted by Crippen LogP contribution is -2.50. The topological polar surface area (TPSA) is 37.7 Å². The number of hydrogen-bond donors (Lipinski definition) is 0. The van der Waals surface area contributed by atoms with Gasteiger partial charge in [0.1, 0.15) is 13.1 Å². The smallest absolute Gasteiger partial charge is 0.274 e. The Hall–Kier alpha value is -2.36. The number of carbonyl (C=O) groups is 1. The van der Waals surface area contributed by atoms with Gasteiger partial charge < -0.3 is 4.90 Å². The average Bonchev–Trinajstić information content (AvgIpc) is 2.56. The van der Waals surface area contributed by atoms with Crippen LogP contribution in [0, 0.1) is 6.92 Å². The molecule has 0 aliphatic carbocycles. The first-order valence-electron chi connectivity index (χ1n) is 7.31. The van der Waals surface area contributed by atoms with E-state index < -0.39 is 0 Å². The Kier molecular flexibility index (Phi) is 3.86. The van der Waals surface area contributed by atoms with Gasteiger partial charge in [0, 0.05) is 11.6 Å². The van der Waals surface area contributed by atoms with E-state index in [9.17, 15) is 4.79 Å². The van der Waals surface area contributed by atoms with E-state index in [0.29, 0.717) is 0 Å². The van der Waals surface area contributed by atoms with Crippen molar-refractivity contribution in [3.05, 3.63) is 59.8 Å². The van der Waals surface area contributed by atoms with E-state index in [2.05, 4.69) is 16.0 Å². The molecule has 2 aromatic rings. The Bertz CT molecular complexity index is 602. The van der Waals surface area contributed by atoms with Gasteiger partial charge in [-0.3, -0.25) is 9.69 Å². The van der Waals surface area contributed by atoms with Gasteiger partial charge in [-0.05, 0) is 25.1 Å². The van der Waals surface area contributed by atoms with E-state index >= 15 is 0 Å². The van der Waals surface area contributed by atoms with E-state index in [0.717, 1.165) is 37.6 Å². The van der Waals surface area contributed by atoms with Gasteiger partial charge in [-0.15, -0.1) is 0 Å². The SMILES string of the molecule is Cc1ccc(C(=O)N2CCN(c3cccc[nH+]3)CC2)cc1. The molecule has 4 heteroatoms. The molecule has 1 fully saturated rings. The molecule has 1 N–H and O–H groups in total. The molecule has 1 amide bonds. The zero-order valence-corrected chi connectivity index (χ0v) is 12.2. The highest BCUT2D eigenvalue weighted by Gasteiger charge is 2.26. The molecule has 0 atom stereocenters. The van der Waals surface area contributed by atoms with Crippen LogP contribution >= 0.6 is 0 Å². The summed E-state index contributed by atoms with van der Waals surface area (Å²) in [6.45, 7) is 5.27. The lowest BCUT2D eigenvalue weighted by molar-refractivity contribution is -0.364. The lowest BCUT2D eigenvalue weighted by Gasteiger charge is -2.31. The largest absolute Gasteiger partial charge is 0.331 e. The van der Waals surface area contributed by atoms with Gasteiger partial charge in [0.15, 0.2) is 0 Å². The van der Waals surface area contributed by atoms with Crippen LogP contribution in [0.1, 0.15) is 15.9 Å². The Labute approximate surface area is 125 Å². The van der Waals surface area contributed by atoms with Crippen molar-refractivity contribution in [3.8, 4) is 0 Å². The standard InChI is InChI=1S/C17H19N3O/c1-14-5-7-15(8-6-14)17(21)20-12-10-19(11-13-20)16-4-2-3-9-18-16/h2-9H,10-13H2,1H3/p+1. The maximum Gasteiger partial charge on any atom is 0.274 e. The fraction of sp³-hybridized carbons (Fsp3) is 0.294. The number of anilines is 1. The number of hydrogen-bond acceptors (Lipinski definition) is 2. The molecule has 0 bridgehead atoms. The van der Waals surface area contributed by atoms with Crippen LogP contribution < -0.4 is 9.88 Å². The summed E-state index contributed by atoms with van der Waals surface area (Å²) in [5.74, 6) is 1.24. The average molecular weight is 282 g/mol. The molecular formula is C17H20N3O+. The molecule has 1 saturated heterocycles. The van der Waals surface area contributed by atoms with E-state index in [1.54, 1.807) is 0 Å². The van der Waals surface area contributed by atoms with Crippen LogP contribution in [0.2, 0.25) is 0 Å². The highest BCUT2D eigenvalue weighted by molar-refractivity contribution is 5.94. The molecule has 108 valence electrons. The Morgan fingerprint density at radius 3 is 2.33 bits per heavy atom. The number of nitrogens with one attached hydrogen (secondary N) is 1. The van der Waals surface area contributed by atoms with E-state index in [1.807, 2.05) is 54.4 Å². The number of amides is 1. The summed E-state index contributed by atoms with van der Waals surface area (Å²) < 4.78 is 0. The van der Waals surface area contributed by atoms with E-state index in [-0.39, 0.29) is 5.91 Å². The minimum atomic E-state index is 0.131. The normalized spacial score (nSPS) is 15.1. The molecular weight excluding hydrogens is 262 g/mol. The van der Waals surface area contributed by atoms with Crippen LogP contribution in [0.25, 0.3) is 0 Å². The van der Waals surface area contributed by atoms with Crippen molar-refractivity contribution in [2.45, 2.75) is 6.92 Å². The maximum atomic E-state index is 12.5. The summed E-state index contributed by atoms with van der Waals surface area (Å²) in [6.07, 6.45) is 1.93. The van der Waals surface area contributed by atoms with Crippen LogP contribution in [-0.4, -0.2) is 37.0 Å². The molecule has 0 radical (unpaired) electrons. The second-order valence-electron chi connectivity index (χ2n) is 5.39. The third kappa shape index (κ3) is 3.05. The number of aromatic amines is 1. The molecule has 1 aromatic heterocycles. The minimum Gasteiger partial charge on any atom is -0.331 e. The first-order chi connectivity index (χ1) is 10.2. The molecule has 2 heterocycles. The highest BCUT2D eigenvalue weighted by Crippen LogP contribution is 2.13. The third-order valence-corrected chi connectivity index (χ3v) is 3.90. The van der Waals surface area contributed by atoms with Crippen LogP contribution in [-0.2, 0) is 0 Å². The van der Waals surface area contributed by atoms with Crippen LogP contribution in [0.4, 0.5) is 5.82 Å². The second-order valence-corrected chi connectivity index (χ2v) is 5.39. The summed E-state index contributed by atoms with van der Waals surface area (Å²) in [4.78, 5) is 19.9. The first-order valence-corrected chi connectivity index (χ1v) is 7.31.